The van der Waals surface area contributed by atoms with Crippen LogP contribution in [0.5, 0.6) is 0 Å². The zero-order chi connectivity index (χ0) is 15.3. The molecular weight excluding hydrogens is 279 g/mol. The first-order chi connectivity index (χ1) is 10.0. The molecule has 0 unspecified atom stereocenters. The fourth-order valence-electron chi connectivity index (χ4n) is 1.92. The van der Waals surface area contributed by atoms with Crippen LogP contribution in [0.2, 0.25) is 0 Å². The number of rotatable bonds is 4. The molecule has 2 rings (SSSR count). The highest BCUT2D eigenvalue weighted by molar-refractivity contribution is 6.13. The Balaban J connectivity index is 2.59. The highest BCUT2D eigenvalue weighted by Crippen LogP contribution is 2.33. The molecule has 0 aliphatic carbocycles. The lowest BCUT2D eigenvalue weighted by atomic mass is 9.97. The maximum atomic E-state index is 13.2. The van der Waals surface area contributed by atoms with Gasteiger partial charge in [0.15, 0.2) is 0 Å². The topological polar surface area (TPSA) is 21.6 Å². The van der Waals surface area contributed by atoms with Crippen molar-refractivity contribution >= 4 is 5.71 Å². The van der Waals surface area contributed by atoms with Crippen LogP contribution in [0.15, 0.2) is 59.8 Å². The van der Waals surface area contributed by atoms with Crippen LogP contribution in [-0.2, 0) is 11.0 Å². The maximum Gasteiger partial charge on any atom is 0.417 e. The SMILES string of the molecule is CCON=C(c1ccccc1)c1ccccc1C(F)(F)F. The fraction of sp³-hybridized carbons (Fsp3) is 0.188. The average Bonchev–Trinajstić information content (AvgIpc) is 2.48. The number of hydrogen-bond donors (Lipinski definition) is 0. The van der Waals surface area contributed by atoms with Crippen LogP contribution < -0.4 is 0 Å². The summed E-state index contributed by atoms with van der Waals surface area (Å²) in [5.41, 5.74) is 0.0185. The number of oxime groups is 1. The van der Waals surface area contributed by atoms with E-state index in [0.717, 1.165) is 6.07 Å². The van der Waals surface area contributed by atoms with Gasteiger partial charge in [0.2, 0.25) is 0 Å². The number of hydrogen-bond acceptors (Lipinski definition) is 2. The predicted octanol–water partition coefficient (Wildman–Crippen LogP) is 4.49. The lowest BCUT2D eigenvalue weighted by Crippen LogP contribution is -2.14. The van der Waals surface area contributed by atoms with E-state index < -0.39 is 11.7 Å². The first-order valence-electron chi connectivity index (χ1n) is 6.46. The van der Waals surface area contributed by atoms with Gasteiger partial charge in [-0.1, -0.05) is 53.7 Å². The first kappa shape index (κ1) is 15.1. The van der Waals surface area contributed by atoms with Gasteiger partial charge < -0.3 is 4.84 Å². The molecule has 2 aromatic rings. The molecule has 0 saturated heterocycles. The van der Waals surface area contributed by atoms with Gasteiger partial charge in [-0.3, -0.25) is 0 Å². The van der Waals surface area contributed by atoms with Crippen molar-refractivity contribution < 1.29 is 18.0 Å². The number of benzene rings is 2. The van der Waals surface area contributed by atoms with Gasteiger partial charge in [0.05, 0.1) is 5.56 Å². The first-order valence-corrected chi connectivity index (χ1v) is 6.46. The quantitative estimate of drug-likeness (QED) is 0.601. The molecule has 0 spiro atoms. The lowest BCUT2D eigenvalue weighted by molar-refractivity contribution is -0.137. The van der Waals surface area contributed by atoms with E-state index in [4.69, 9.17) is 4.84 Å². The van der Waals surface area contributed by atoms with Gasteiger partial charge in [0, 0.05) is 11.1 Å². The summed E-state index contributed by atoms with van der Waals surface area (Å²) >= 11 is 0. The predicted molar refractivity (Wildman–Crippen MR) is 75.2 cm³/mol. The molecule has 0 aliphatic rings. The van der Waals surface area contributed by atoms with E-state index >= 15 is 0 Å². The van der Waals surface area contributed by atoms with Crippen LogP contribution in [0.4, 0.5) is 13.2 Å². The Morgan fingerprint density at radius 3 is 2.24 bits per heavy atom. The summed E-state index contributed by atoms with van der Waals surface area (Å²) in [6.07, 6.45) is -4.45. The molecule has 2 nitrogen and oxygen atoms in total. The molecule has 5 heteroatoms. The third-order valence-corrected chi connectivity index (χ3v) is 2.82. The zero-order valence-corrected chi connectivity index (χ0v) is 11.4. The van der Waals surface area contributed by atoms with Gasteiger partial charge in [-0.05, 0) is 13.0 Å². The molecule has 0 aromatic heterocycles. The molecule has 2 aromatic carbocycles. The van der Waals surface area contributed by atoms with Crippen molar-refractivity contribution in [3.8, 4) is 0 Å². The van der Waals surface area contributed by atoms with E-state index in [1.54, 1.807) is 43.3 Å². The highest BCUT2D eigenvalue weighted by Gasteiger charge is 2.34. The van der Waals surface area contributed by atoms with Crippen molar-refractivity contribution in [3.05, 3.63) is 71.3 Å². The number of nitrogens with zero attached hydrogens (tertiary/aromatic N) is 1. The molecule has 0 aliphatic heterocycles. The minimum Gasteiger partial charge on any atom is -0.396 e. The third-order valence-electron chi connectivity index (χ3n) is 2.82. The van der Waals surface area contributed by atoms with Crippen LogP contribution in [-0.4, -0.2) is 12.3 Å². The van der Waals surface area contributed by atoms with Crippen LogP contribution in [0, 0.1) is 0 Å². The van der Waals surface area contributed by atoms with Gasteiger partial charge in [-0.2, -0.15) is 13.2 Å². The maximum absolute atomic E-state index is 13.2. The number of alkyl halides is 3. The van der Waals surface area contributed by atoms with Crippen molar-refractivity contribution in [1.29, 1.82) is 0 Å². The van der Waals surface area contributed by atoms with Gasteiger partial charge >= 0.3 is 6.18 Å². The van der Waals surface area contributed by atoms with Crippen LogP contribution in [0.3, 0.4) is 0 Å². The zero-order valence-electron chi connectivity index (χ0n) is 11.4. The summed E-state index contributed by atoms with van der Waals surface area (Å²) in [6, 6.07) is 14.0. The largest absolute Gasteiger partial charge is 0.417 e. The smallest absolute Gasteiger partial charge is 0.396 e. The van der Waals surface area contributed by atoms with Crippen molar-refractivity contribution in [2.24, 2.45) is 5.16 Å². The summed E-state index contributed by atoms with van der Waals surface area (Å²) in [6.45, 7) is 2.01. The second kappa shape index (κ2) is 6.43. The van der Waals surface area contributed by atoms with Crippen LogP contribution in [0.25, 0.3) is 0 Å². The van der Waals surface area contributed by atoms with Crippen LogP contribution in [0.1, 0.15) is 23.6 Å². The van der Waals surface area contributed by atoms with E-state index in [1.165, 1.54) is 12.1 Å². The molecule has 0 radical (unpaired) electrons. The summed E-state index contributed by atoms with van der Waals surface area (Å²) in [7, 11) is 0. The normalized spacial score (nSPS) is 12.3. The molecule has 0 fully saturated rings. The number of halogens is 3. The Morgan fingerprint density at radius 1 is 1.00 bits per heavy atom. The van der Waals surface area contributed by atoms with Crippen molar-refractivity contribution in [3.63, 3.8) is 0 Å². The molecule has 0 saturated carbocycles. The molecule has 21 heavy (non-hydrogen) atoms. The van der Waals surface area contributed by atoms with E-state index in [1.807, 2.05) is 0 Å². The van der Waals surface area contributed by atoms with Gasteiger partial charge in [-0.15, -0.1) is 0 Å². The molecule has 0 atom stereocenters. The Bertz CT molecular complexity index is 621. The van der Waals surface area contributed by atoms with Crippen molar-refractivity contribution in [1.82, 2.24) is 0 Å². The van der Waals surface area contributed by atoms with Gasteiger partial charge in [-0.25, -0.2) is 0 Å². The minimum atomic E-state index is -4.45. The summed E-state index contributed by atoms with van der Waals surface area (Å²) in [4.78, 5) is 4.99. The summed E-state index contributed by atoms with van der Waals surface area (Å²) in [5, 5.41) is 3.87. The monoisotopic (exact) mass is 293 g/mol. The van der Waals surface area contributed by atoms with Crippen molar-refractivity contribution in [2.45, 2.75) is 13.1 Å². The molecule has 110 valence electrons. The van der Waals surface area contributed by atoms with E-state index in [0.29, 0.717) is 5.56 Å². The molecule has 0 amide bonds. The Hall–Kier alpha value is -2.30. The molecule has 0 heterocycles. The second-order valence-electron chi connectivity index (χ2n) is 4.27. The van der Waals surface area contributed by atoms with Gasteiger partial charge in [0.25, 0.3) is 0 Å². The molecule has 0 bridgehead atoms. The van der Waals surface area contributed by atoms with Crippen molar-refractivity contribution in [2.75, 3.05) is 6.61 Å². The highest BCUT2D eigenvalue weighted by atomic mass is 19.4. The second-order valence-corrected chi connectivity index (χ2v) is 4.27. The fourth-order valence-corrected chi connectivity index (χ4v) is 1.92. The van der Waals surface area contributed by atoms with E-state index in [-0.39, 0.29) is 17.9 Å². The molecule has 0 N–H and O–H groups in total. The van der Waals surface area contributed by atoms with Gasteiger partial charge in [0.1, 0.15) is 12.3 Å². The van der Waals surface area contributed by atoms with E-state index in [2.05, 4.69) is 5.16 Å². The standard InChI is InChI=1S/C16H14F3NO/c1-2-21-20-15(12-8-4-3-5-9-12)13-10-6-7-11-14(13)16(17,18)19/h3-11H,2H2,1H3. The third kappa shape index (κ3) is 3.62. The lowest BCUT2D eigenvalue weighted by Gasteiger charge is -2.14. The Kier molecular flexibility index (Phi) is 4.62. The average molecular weight is 293 g/mol. The summed E-state index contributed by atoms with van der Waals surface area (Å²) < 4.78 is 39.5. The minimum absolute atomic E-state index is 0.00431. The Morgan fingerprint density at radius 2 is 1.62 bits per heavy atom. The summed E-state index contributed by atoms with van der Waals surface area (Å²) in [5.74, 6) is 0. The molecular formula is C16H14F3NO. The Labute approximate surface area is 120 Å². The van der Waals surface area contributed by atoms with Crippen LogP contribution >= 0.6 is 0 Å². The van der Waals surface area contributed by atoms with E-state index in [9.17, 15) is 13.2 Å².